The van der Waals surface area contributed by atoms with Gasteiger partial charge in [0.2, 0.25) is 0 Å². The van der Waals surface area contributed by atoms with E-state index in [2.05, 4.69) is 0 Å². The summed E-state index contributed by atoms with van der Waals surface area (Å²) in [5, 5.41) is 8.97. The molecule has 136 valence electrons. The zero-order valence-corrected chi connectivity index (χ0v) is 14.4. The Balaban J connectivity index is 2.20. The first kappa shape index (κ1) is 18.9. The summed E-state index contributed by atoms with van der Waals surface area (Å²) in [5.41, 5.74) is 1.00. The number of hydrogen-bond acceptors (Lipinski definition) is 6. The number of benzene rings is 1. The van der Waals surface area contributed by atoms with Crippen molar-refractivity contribution in [2.45, 2.75) is 45.3 Å². The van der Waals surface area contributed by atoms with E-state index in [0.29, 0.717) is 19.4 Å². The van der Waals surface area contributed by atoms with Crippen molar-refractivity contribution in [3.63, 3.8) is 0 Å². The third-order valence-electron chi connectivity index (χ3n) is 4.20. The second kappa shape index (κ2) is 8.62. The highest BCUT2D eigenvalue weighted by Gasteiger charge is 2.42. The van der Waals surface area contributed by atoms with Crippen LogP contribution in [0.5, 0.6) is 0 Å². The smallest absolute Gasteiger partial charge is 0.335 e. The molecular formula is C18H23NO6. The van der Waals surface area contributed by atoms with Gasteiger partial charge < -0.3 is 14.6 Å². The normalized spacial score (nSPS) is 20.2. The van der Waals surface area contributed by atoms with Crippen molar-refractivity contribution < 1.29 is 29.0 Å². The molecule has 0 radical (unpaired) electrons. The number of nitrogens with zero attached hydrogens (tertiary/aromatic N) is 1. The Hall–Kier alpha value is -2.41. The van der Waals surface area contributed by atoms with Gasteiger partial charge >= 0.3 is 17.9 Å². The number of hydrogen-bond donors (Lipinski definition) is 1. The first-order valence-corrected chi connectivity index (χ1v) is 8.39. The molecule has 0 aliphatic carbocycles. The monoisotopic (exact) mass is 349 g/mol. The van der Waals surface area contributed by atoms with Gasteiger partial charge in [-0.15, -0.1) is 0 Å². The lowest BCUT2D eigenvalue weighted by Crippen LogP contribution is -2.44. The van der Waals surface area contributed by atoms with Crippen LogP contribution in [0.15, 0.2) is 24.3 Å². The van der Waals surface area contributed by atoms with Crippen LogP contribution >= 0.6 is 0 Å². The third-order valence-corrected chi connectivity index (χ3v) is 4.20. The van der Waals surface area contributed by atoms with Crippen LogP contribution in [-0.2, 0) is 25.6 Å². The highest BCUT2D eigenvalue weighted by molar-refractivity contribution is 5.87. The lowest BCUT2D eigenvalue weighted by Gasteiger charge is -2.27. The molecular weight excluding hydrogens is 326 g/mol. The number of carboxylic acid groups (broad SMARTS) is 1. The minimum atomic E-state index is -0.999. The Bertz CT molecular complexity index is 601. The summed E-state index contributed by atoms with van der Waals surface area (Å²) < 4.78 is 10.2. The van der Waals surface area contributed by atoms with Crippen molar-refractivity contribution in [2.24, 2.45) is 0 Å². The molecule has 2 atom stereocenters. The zero-order chi connectivity index (χ0) is 18.4. The summed E-state index contributed by atoms with van der Waals surface area (Å²) >= 11 is 0. The Labute approximate surface area is 146 Å². The van der Waals surface area contributed by atoms with Gasteiger partial charge in [0.25, 0.3) is 0 Å². The van der Waals surface area contributed by atoms with Gasteiger partial charge in [-0.1, -0.05) is 12.1 Å². The Morgan fingerprint density at radius 1 is 1.00 bits per heavy atom. The molecule has 1 aliphatic rings. The molecule has 7 nitrogen and oxygen atoms in total. The fourth-order valence-corrected chi connectivity index (χ4v) is 3.03. The van der Waals surface area contributed by atoms with Crippen molar-refractivity contribution in [1.29, 1.82) is 0 Å². The van der Waals surface area contributed by atoms with Crippen molar-refractivity contribution in [3.8, 4) is 0 Å². The van der Waals surface area contributed by atoms with Crippen molar-refractivity contribution in [2.75, 3.05) is 13.2 Å². The van der Waals surface area contributed by atoms with E-state index in [4.69, 9.17) is 14.6 Å². The maximum Gasteiger partial charge on any atom is 0.335 e. The lowest BCUT2D eigenvalue weighted by molar-refractivity contribution is -0.153. The van der Waals surface area contributed by atoms with Crippen LogP contribution in [0.25, 0.3) is 0 Å². The molecule has 1 aromatic rings. The minimum absolute atomic E-state index is 0.189. The standard InChI is InChI=1S/C18H23NO6/c1-3-24-17(22)14-9-10-15(18(23)25-4-2)19(14)11-12-5-7-13(8-6-12)16(20)21/h5-8,14-15H,3-4,9-11H2,1-2H3,(H,20,21)/t14-,15-/m1/s1. The Morgan fingerprint density at radius 3 is 1.88 bits per heavy atom. The van der Waals surface area contributed by atoms with Gasteiger partial charge in [0, 0.05) is 6.54 Å². The molecule has 1 aromatic carbocycles. The van der Waals surface area contributed by atoms with Crippen LogP contribution < -0.4 is 0 Å². The average molecular weight is 349 g/mol. The van der Waals surface area contributed by atoms with E-state index in [1.165, 1.54) is 12.1 Å². The molecule has 0 spiro atoms. The van der Waals surface area contributed by atoms with Crippen LogP contribution in [0, 0.1) is 0 Å². The van der Waals surface area contributed by atoms with Crippen LogP contribution in [0.1, 0.15) is 42.6 Å². The molecule has 0 bridgehead atoms. The highest BCUT2D eigenvalue weighted by Crippen LogP contribution is 2.28. The predicted molar refractivity (Wildman–Crippen MR) is 89.0 cm³/mol. The molecule has 7 heteroatoms. The molecule has 2 rings (SSSR count). The molecule has 0 aromatic heterocycles. The van der Waals surface area contributed by atoms with Gasteiger partial charge in [0.05, 0.1) is 18.8 Å². The number of aromatic carboxylic acids is 1. The highest BCUT2D eigenvalue weighted by atomic mass is 16.5. The number of esters is 2. The third kappa shape index (κ3) is 4.57. The van der Waals surface area contributed by atoms with Gasteiger partial charge in [-0.3, -0.25) is 14.5 Å². The summed E-state index contributed by atoms with van der Waals surface area (Å²) in [6.07, 6.45) is 1.05. The molecule has 1 heterocycles. The summed E-state index contributed by atoms with van der Waals surface area (Å²) in [6.45, 7) is 4.38. The molecule has 0 unspecified atom stereocenters. The maximum absolute atomic E-state index is 12.2. The maximum atomic E-state index is 12.2. The summed E-state index contributed by atoms with van der Waals surface area (Å²) in [5.74, 6) is -1.70. The molecule has 1 aliphatic heterocycles. The molecule has 1 fully saturated rings. The lowest BCUT2D eigenvalue weighted by atomic mass is 10.1. The zero-order valence-electron chi connectivity index (χ0n) is 14.4. The number of rotatable bonds is 7. The number of carboxylic acids is 1. The van der Waals surface area contributed by atoms with Gasteiger partial charge in [-0.25, -0.2) is 4.79 Å². The fraction of sp³-hybridized carbons (Fsp3) is 0.500. The van der Waals surface area contributed by atoms with E-state index >= 15 is 0 Å². The number of likely N-dealkylation sites (tertiary alicyclic amines) is 1. The van der Waals surface area contributed by atoms with Gasteiger partial charge in [-0.05, 0) is 44.4 Å². The number of ether oxygens (including phenoxy) is 2. The first-order valence-electron chi connectivity index (χ1n) is 8.39. The topological polar surface area (TPSA) is 93.1 Å². The minimum Gasteiger partial charge on any atom is -0.478 e. The van der Waals surface area contributed by atoms with Crippen LogP contribution in [-0.4, -0.2) is 53.2 Å². The van der Waals surface area contributed by atoms with Crippen LogP contribution in [0.3, 0.4) is 0 Å². The van der Waals surface area contributed by atoms with Gasteiger partial charge in [-0.2, -0.15) is 0 Å². The second-order valence-electron chi connectivity index (χ2n) is 5.79. The summed E-state index contributed by atoms with van der Waals surface area (Å²) in [4.78, 5) is 37.2. The van der Waals surface area contributed by atoms with E-state index in [1.807, 2.05) is 0 Å². The van der Waals surface area contributed by atoms with Gasteiger partial charge in [0.15, 0.2) is 0 Å². The van der Waals surface area contributed by atoms with Crippen LogP contribution in [0.2, 0.25) is 0 Å². The molecule has 0 saturated carbocycles. The average Bonchev–Trinajstić information content (AvgIpc) is 2.99. The summed E-state index contributed by atoms with van der Waals surface area (Å²) in [7, 11) is 0. The molecule has 1 saturated heterocycles. The quantitative estimate of drug-likeness (QED) is 0.751. The van der Waals surface area contributed by atoms with Crippen LogP contribution in [0.4, 0.5) is 0 Å². The van der Waals surface area contributed by atoms with E-state index in [0.717, 1.165) is 5.56 Å². The predicted octanol–water partition coefficient (Wildman–Crippen LogP) is 1.84. The molecule has 1 N–H and O–H groups in total. The fourth-order valence-electron chi connectivity index (χ4n) is 3.03. The molecule has 0 amide bonds. The van der Waals surface area contributed by atoms with Crippen molar-refractivity contribution in [1.82, 2.24) is 4.90 Å². The number of carbonyl (C=O) groups is 3. The second-order valence-corrected chi connectivity index (χ2v) is 5.79. The van der Waals surface area contributed by atoms with E-state index in [1.54, 1.807) is 30.9 Å². The van der Waals surface area contributed by atoms with Gasteiger partial charge in [0.1, 0.15) is 12.1 Å². The summed E-state index contributed by atoms with van der Waals surface area (Å²) in [6, 6.07) is 5.37. The Morgan fingerprint density at radius 2 is 1.48 bits per heavy atom. The van der Waals surface area contributed by atoms with E-state index in [-0.39, 0.29) is 30.7 Å². The largest absolute Gasteiger partial charge is 0.478 e. The van der Waals surface area contributed by atoms with E-state index < -0.39 is 18.1 Å². The number of carbonyl (C=O) groups excluding carboxylic acids is 2. The van der Waals surface area contributed by atoms with E-state index in [9.17, 15) is 14.4 Å². The van der Waals surface area contributed by atoms with Crippen molar-refractivity contribution in [3.05, 3.63) is 35.4 Å². The Kier molecular flexibility index (Phi) is 6.52. The van der Waals surface area contributed by atoms with Crippen molar-refractivity contribution >= 4 is 17.9 Å². The first-order chi connectivity index (χ1) is 12.0. The SMILES string of the molecule is CCOC(=O)[C@H]1CC[C@H](C(=O)OCC)N1Cc1ccc(C(=O)O)cc1. The molecule has 25 heavy (non-hydrogen) atoms.